The molecule has 2 N–H and O–H groups in total. The summed E-state index contributed by atoms with van der Waals surface area (Å²) in [6.45, 7) is 6.12. The normalized spacial score (nSPS) is 18.7. The summed E-state index contributed by atoms with van der Waals surface area (Å²) < 4.78 is 5.83. The van der Waals surface area contributed by atoms with Gasteiger partial charge in [0.05, 0.1) is 18.8 Å². The fraction of sp³-hybridized carbons (Fsp3) is 0.533. The molecule has 1 aliphatic heterocycles. The molecule has 2 aromatic rings. The van der Waals surface area contributed by atoms with Crippen LogP contribution in [0.1, 0.15) is 28.9 Å². The van der Waals surface area contributed by atoms with Crippen LogP contribution in [0, 0.1) is 13.8 Å². The monoisotopic (exact) mass is 303 g/mol. The Morgan fingerprint density at radius 2 is 2.09 bits per heavy atom. The van der Waals surface area contributed by atoms with Gasteiger partial charge in [-0.25, -0.2) is 9.97 Å². The Morgan fingerprint density at radius 1 is 1.32 bits per heavy atom. The lowest BCUT2D eigenvalue weighted by atomic mass is 10.2. The Morgan fingerprint density at radius 3 is 2.82 bits per heavy atom. The van der Waals surface area contributed by atoms with Gasteiger partial charge in [0.1, 0.15) is 6.10 Å². The quantitative estimate of drug-likeness (QED) is 0.874. The molecule has 118 valence electrons. The number of hydrogen-bond donors (Lipinski definition) is 2. The van der Waals surface area contributed by atoms with Gasteiger partial charge in [-0.05, 0) is 26.0 Å². The summed E-state index contributed by atoms with van der Waals surface area (Å²) in [6, 6.07) is 3.92. The highest BCUT2D eigenvalue weighted by Gasteiger charge is 2.25. The van der Waals surface area contributed by atoms with Crippen LogP contribution in [-0.4, -0.2) is 51.6 Å². The SMILES string of the molecule is Cc1cc(C)nc(N2CCO[C@H](c3cc(CCO)[nH]n3)C2)n1. The lowest BCUT2D eigenvalue weighted by Crippen LogP contribution is -2.39. The third-order valence-electron chi connectivity index (χ3n) is 3.68. The van der Waals surface area contributed by atoms with Crippen molar-refractivity contribution in [3.63, 3.8) is 0 Å². The van der Waals surface area contributed by atoms with Crippen LogP contribution in [0.4, 0.5) is 5.95 Å². The molecule has 7 heteroatoms. The molecule has 0 unspecified atom stereocenters. The predicted octanol–water partition coefficient (Wildman–Crippen LogP) is 0.929. The Kier molecular flexibility index (Phi) is 4.35. The average molecular weight is 303 g/mol. The molecule has 1 saturated heterocycles. The van der Waals surface area contributed by atoms with Gasteiger partial charge in [0, 0.05) is 36.7 Å². The molecule has 1 aliphatic rings. The van der Waals surface area contributed by atoms with E-state index in [2.05, 4.69) is 25.1 Å². The topological polar surface area (TPSA) is 87.2 Å². The molecule has 2 aromatic heterocycles. The third kappa shape index (κ3) is 3.26. The van der Waals surface area contributed by atoms with Crippen molar-refractivity contribution in [2.45, 2.75) is 26.4 Å². The van der Waals surface area contributed by atoms with Crippen molar-refractivity contribution in [2.75, 3.05) is 31.2 Å². The number of aliphatic hydroxyl groups is 1. The number of aliphatic hydroxyl groups excluding tert-OH is 1. The van der Waals surface area contributed by atoms with Gasteiger partial charge in [0.2, 0.25) is 5.95 Å². The van der Waals surface area contributed by atoms with Crippen molar-refractivity contribution in [1.82, 2.24) is 20.2 Å². The van der Waals surface area contributed by atoms with Gasteiger partial charge in [-0.15, -0.1) is 0 Å². The minimum absolute atomic E-state index is 0.107. The first-order valence-corrected chi connectivity index (χ1v) is 7.49. The molecule has 0 saturated carbocycles. The Labute approximate surface area is 129 Å². The molecule has 3 rings (SSSR count). The average Bonchev–Trinajstić information content (AvgIpc) is 2.95. The van der Waals surface area contributed by atoms with E-state index in [1.807, 2.05) is 26.0 Å². The van der Waals surface area contributed by atoms with Crippen LogP contribution in [-0.2, 0) is 11.2 Å². The number of rotatable bonds is 4. The van der Waals surface area contributed by atoms with Crippen molar-refractivity contribution in [1.29, 1.82) is 0 Å². The summed E-state index contributed by atoms with van der Waals surface area (Å²) in [7, 11) is 0. The third-order valence-corrected chi connectivity index (χ3v) is 3.68. The summed E-state index contributed by atoms with van der Waals surface area (Å²) in [5.74, 6) is 0.747. The van der Waals surface area contributed by atoms with E-state index < -0.39 is 0 Å². The van der Waals surface area contributed by atoms with Gasteiger partial charge in [-0.2, -0.15) is 5.10 Å². The van der Waals surface area contributed by atoms with E-state index in [4.69, 9.17) is 9.84 Å². The number of aryl methyl sites for hydroxylation is 2. The summed E-state index contributed by atoms with van der Waals surface area (Å²) in [6.07, 6.45) is 0.464. The van der Waals surface area contributed by atoms with Gasteiger partial charge in [-0.1, -0.05) is 0 Å². The Balaban J connectivity index is 1.75. The summed E-state index contributed by atoms with van der Waals surface area (Å²) in [4.78, 5) is 11.2. The smallest absolute Gasteiger partial charge is 0.225 e. The second-order valence-electron chi connectivity index (χ2n) is 5.55. The predicted molar refractivity (Wildman–Crippen MR) is 81.8 cm³/mol. The summed E-state index contributed by atoms with van der Waals surface area (Å²) in [5, 5.41) is 16.2. The number of anilines is 1. The number of aromatic nitrogens is 4. The maximum Gasteiger partial charge on any atom is 0.225 e. The number of H-pyrrole nitrogens is 1. The lowest BCUT2D eigenvalue weighted by Gasteiger charge is -2.32. The minimum Gasteiger partial charge on any atom is -0.396 e. The zero-order valence-electron chi connectivity index (χ0n) is 12.9. The van der Waals surface area contributed by atoms with E-state index in [0.717, 1.165) is 35.3 Å². The molecular formula is C15H21N5O2. The highest BCUT2D eigenvalue weighted by molar-refractivity contribution is 5.33. The maximum atomic E-state index is 8.98. The molecule has 0 amide bonds. The number of morpholine rings is 1. The highest BCUT2D eigenvalue weighted by Crippen LogP contribution is 2.24. The zero-order chi connectivity index (χ0) is 15.5. The number of nitrogens with zero attached hydrogens (tertiary/aromatic N) is 4. The molecule has 1 fully saturated rings. The fourth-order valence-electron chi connectivity index (χ4n) is 2.65. The first kappa shape index (κ1) is 14.9. The number of ether oxygens (including phenoxy) is 1. The van der Waals surface area contributed by atoms with E-state index in [0.29, 0.717) is 19.6 Å². The number of hydrogen-bond acceptors (Lipinski definition) is 6. The van der Waals surface area contributed by atoms with Crippen LogP contribution in [0.2, 0.25) is 0 Å². The van der Waals surface area contributed by atoms with E-state index in [1.54, 1.807) is 0 Å². The second kappa shape index (κ2) is 6.41. The molecule has 1 atom stereocenters. The first-order valence-electron chi connectivity index (χ1n) is 7.49. The van der Waals surface area contributed by atoms with E-state index >= 15 is 0 Å². The van der Waals surface area contributed by atoms with Crippen molar-refractivity contribution >= 4 is 5.95 Å². The second-order valence-corrected chi connectivity index (χ2v) is 5.55. The van der Waals surface area contributed by atoms with Gasteiger partial charge in [0.15, 0.2) is 0 Å². The van der Waals surface area contributed by atoms with Gasteiger partial charge < -0.3 is 14.7 Å². The van der Waals surface area contributed by atoms with Crippen molar-refractivity contribution in [3.8, 4) is 0 Å². The van der Waals surface area contributed by atoms with Crippen LogP contribution >= 0.6 is 0 Å². The maximum absolute atomic E-state index is 8.98. The van der Waals surface area contributed by atoms with E-state index in [1.165, 1.54) is 0 Å². The number of aromatic amines is 1. The minimum atomic E-state index is -0.109. The standard InChI is InChI=1S/C15H21N5O2/c1-10-7-11(2)17-15(16-10)20-4-6-22-14(9-20)13-8-12(3-5-21)18-19-13/h7-8,14,21H,3-6,9H2,1-2H3,(H,18,19)/t14-/m0/s1. The molecule has 7 nitrogen and oxygen atoms in total. The van der Waals surface area contributed by atoms with Gasteiger partial charge in [0.25, 0.3) is 0 Å². The van der Waals surface area contributed by atoms with Crippen molar-refractivity contribution in [2.24, 2.45) is 0 Å². The van der Waals surface area contributed by atoms with E-state index in [9.17, 15) is 0 Å². The Bertz CT molecular complexity index is 622. The van der Waals surface area contributed by atoms with Crippen LogP contribution in [0.15, 0.2) is 12.1 Å². The van der Waals surface area contributed by atoms with Crippen LogP contribution < -0.4 is 4.90 Å². The molecular weight excluding hydrogens is 282 g/mol. The highest BCUT2D eigenvalue weighted by atomic mass is 16.5. The van der Waals surface area contributed by atoms with Gasteiger partial charge in [-0.3, -0.25) is 5.10 Å². The van der Waals surface area contributed by atoms with Crippen molar-refractivity contribution < 1.29 is 9.84 Å². The summed E-state index contributed by atoms with van der Waals surface area (Å²) in [5.41, 5.74) is 3.71. The Hall–Kier alpha value is -1.99. The first-order chi connectivity index (χ1) is 10.7. The molecule has 0 aromatic carbocycles. The van der Waals surface area contributed by atoms with Crippen LogP contribution in [0.25, 0.3) is 0 Å². The summed E-state index contributed by atoms with van der Waals surface area (Å²) >= 11 is 0. The lowest BCUT2D eigenvalue weighted by molar-refractivity contribution is 0.0364. The molecule has 3 heterocycles. The molecule has 0 aliphatic carbocycles. The zero-order valence-corrected chi connectivity index (χ0v) is 12.9. The molecule has 0 radical (unpaired) electrons. The number of nitrogens with one attached hydrogen (secondary N) is 1. The van der Waals surface area contributed by atoms with E-state index in [-0.39, 0.29) is 12.7 Å². The van der Waals surface area contributed by atoms with Crippen LogP contribution in [0.5, 0.6) is 0 Å². The largest absolute Gasteiger partial charge is 0.396 e. The van der Waals surface area contributed by atoms with Crippen molar-refractivity contribution in [3.05, 3.63) is 34.9 Å². The molecule has 0 spiro atoms. The van der Waals surface area contributed by atoms with Crippen LogP contribution in [0.3, 0.4) is 0 Å². The molecule has 0 bridgehead atoms. The fourth-order valence-corrected chi connectivity index (χ4v) is 2.65. The molecule has 22 heavy (non-hydrogen) atoms. The van der Waals surface area contributed by atoms with Gasteiger partial charge >= 0.3 is 0 Å².